The first-order chi connectivity index (χ1) is 6.20. The van der Waals surface area contributed by atoms with Crippen molar-refractivity contribution in [3.63, 3.8) is 0 Å². The van der Waals surface area contributed by atoms with Gasteiger partial charge in [0, 0.05) is 12.8 Å². The molecule has 1 N–H and O–H groups in total. The SMILES string of the molecule is CCCCC(=O)CC(O)CCCC. The van der Waals surface area contributed by atoms with Gasteiger partial charge in [-0.1, -0.05) is 33.1 Å². The summed E-state index contributed by atoms with van der Waals surface area (Å²) in [6, 6.07) is 0. The summed E-state index contributed by atoms with van der Waals surface area (Å²) in [6.07, 6.45) is 5.48. The van der Waals surface area contributed by atoms with Crippen LogP contribution in [0, 0.1) is 0 Å². The van der Waals surface area contributed by atoms with Crippen molar-refractivity contribution in [2.75, 3.05) is 0 Å². The number of aliphatic hydroxyl groups is 1. The van der Waals surface area contributed by atoms with Gasteiger partial charge in [0.15, 0.2) is 0 Å². The summed E-state index contributed by atoms with van der Waals surface area (Å²) in [5, 5.41) is 9.43. The Labute approximate surface area is 81.3 Å². The summed E-state index contributed by atoms with van der Waals surface area (Å²) in [6.45, 7) is 4.16. The van der Waals surface area contributed by atoms with Crippen molar-refractivity contribution in [3.05, 3.63) is 0 Å². The normalized spacial score (nSPS) is 12.8. The highest BCUT2D eigenvalue weighted by Crippen LogP contribution is 2.07. The van der Waals surface area contributed by atoms with E-state index in [1.54, 1.807) is 0 Å². The summed E-state index contributed by atoms with van der Waals surface area (Å²) >= 11 is 0. The van der Waals surface area contributed by atoms with Gasteiger partial charge in [0.25, 0.3) is 0 Å². The van der Waals surface area contributed by atoms with Gasteiger partial charge in [-0.15, -0.1) is 0 Å². The summed E-state index contributed by atoms with van der Waals surface area (Å²) < 4.78 is 0. The number of Topliss-reactive ketones (excluding diaryl/α,β-unsaturated/α-hetero) is 1. The third-order valence-corrected chi connectivity index (χ3v) is 2.16. The minimum Gasteiger partial charge on any atom is -0.393 e. The number of carbonyl (C=O) groups is 1. The zero-order valence-corrected chi connectivity index (χ0v) is 8.88. The molecule has 1 unspecified atom stereocenters. The first-order valence-corrected chi connectivity index (χ1v) is 5.40. The Morgan fingerprint density at radius 3 is 2.38 bits per heavy atom. The Morgan fingerprint density at radius 2 is 1.85 bits per heavy atom. The lowest BCUT2D eigenvalue weighted by Gasteiger charge is -2.08. The molecule has 2 nitrogen and oxygen atoms in total. The number of ketones is 1. The molecule has 0 spiro atoms. The van der Waals surface area contributed by atoms with E-state index in [-0.39, 0.29) is 5.78 Å². The van der Waals surface area contributed by atoms with Crippen molar-refractivity contribution < 1.29 is 9.90 Å². The second-order valence-corrected chi connectivity index (χ2v) is 3.64. The van der Waals surface area contributed by atoms with Gasteiger partial charge >= 0.3 is 0 Å². The van der Waals surface area contributed by atoms with E-state index in [0.717, 1.165) is 32.1 Å². The number of hydrogen-bond acceptors (Lipinski definition) is 2. The molecule has 0 aromatic carbocycles. The summed E-state index contributed by atoms with van der Waals surface area (Å²) in [7, 11) is 0. The molecule has 0 saturated carbocycles. The van der Waals surface area contributed by atoms with Crippen molar-refractivity contribution in [2.24, 2.45) is 0 Å². The van der Waals surface area contributed by atoms with E-state index in [1.165, 1.54) is 0 Å². The lowest BCUT2D eigenvalue weighted by atomic mass is 10.0. The topological polar surface area (TPSA) is 37.3 Å². The maximum absolute atomic E-state index is 11.2. The Balaban J connectivity index is 3.41. The largest absolute Gasteiger partial charge is 0.393 e. The number of carbonyl (C=O) groups excluding carboxylic acids is 1. The second-order valence-electron chi connectivity index (χ2n) is 3.64. The lowest BCUT2D eigenvalue weighted by molar-refractivity contribution is -0.121. The van der Waals surface area contributed by atoms with E-state index in [2.05, 4.69) is 13.8 Å². The molecule has 0 saturated heterocycles. The van der Waals surface area contributed by atoms with Crippen LogP contribution in [0.1, 0.15) is 58.8 Å². The van der Waals surface area contributed by atoms with Gasteiger partial charge < -0.3 is 5.11 Å². The summed E-state index contributed by atoms with van der Waals surface area (Å²) in [5.41, 5.74) is 0. The van der Waals surface area contributed by atoms with E-state index >= 15 is 0 Å². The van der Waals surface area contributed by atoms with Gasteiger partial charge in [0.05, 0.1) is 6.10 Å². The monoisotopic (exact) mass is 186 g/mol. The fourth-order valence-corrected chi connectivity index (χ4v) is 1.28. The molecular weight excluding hydrogens is 164 g/mol. The molecule has 0 aliphatic heterocycles. The van der Waals surface area contributed by atoms with Crippen molar-refractivity contribution in [1.82, 2.24) is 0 Å². The highest BCUT2D eigenvalue weighted by molar-refractivity contribution is 5.78. The van der Waals surface area contributed by atoms with Crippen molar-refractivity contribution >= 4 is 5.78 Å². The molecule has 2 heteroatoms. The van der Waals surface area contributed by atoms with Crippen LogP contribution in [0.25, 0.3) is 0 Å². The Hall–Kier alpha value is -0.370. The van der Waals surface area contributed by atoms with Crippen LogP contribution >= 0.6 is 0 Å². The van der Waals surface area contributed by atoms with Gasteiger partial charge in [0.1, 0.15) is 5.78 Å². The molecule has 0 rings (SSSR count). The van der Waals surface area contributed by atoms with Crippen molar-refractivity contribution in [2.45, 2.75) is 64.9 Å². The van der Waals surface area contributed by atoms with Crippen molar-refractivity contribution in [1.29, 1.82) is 0 Å². The van der Waals surface area contributed by atoms with Crippen LogP contribution < -0.4 is 0 Å². The maximum Gasteiger partial charge on any atom is 0.135 e. The van der Waals surface area contributed by atoms with E-state index in [0.29, 0.717) is 12.8 Å². The molecule has 0 aliphatic rings. The van der Waals surface area contributed by atoms with Crippen LogP contribution in [0.2, 0.25) is 0 Å². The molecule has 0 fully saturated rings. The Morgan fingerprint density at radius 1 is 1.23 bits per heavy atom. The predicted molar refractivity (Wildman–Crippen MR) is 54.7 cm³/mol. The highest BCUT2D eigenvalue weighted by Gasteiger charge is 2.09. The fraction of sp³-hybridized carbons (Fsp3) is 0.909. The summed E-state index contributed by atoms with van der Waals surface area (Å²) in [5.74, 6) is 0.213. The number of unbranched alkanes of at least 4 members (excludes halogenated alkanes) is 2. The quantitative estimate of drug-likeness (QED) is 0.632. The van der Waals surface area contributed by atoms with Crippen LogP contribution in [0.5, 0.6) is 0 Å². The van der Waals surface area contributed by atoms with Crippen LogP contribution in [-0.2, 0) is 4.79 Å². The third kappa shape index (κ3) is 7.97. The van der Waals surface area contributed by atoms with Gasteiger partial charge in [-0.05, 0) is 12.8 Å². The molecule has 1 atom stereocenters. The maximum atomic E-state index is 11.2. The molecule has 0 aromatic rings. The van der Waals surface area contributed by atoms with E-state index in [1.807, 2.05) is 0 Å². The Kier molecular flexibility index (Phi) is 8.00. The molecular formula is C11H22O2. The van der Waals surface area contributed by atoms with Crippen molar-refractivity contribution in [3.8, 4) is 0 Å². The third-order valence-electron chi connectivity index (χ3n) is 2.16. The second kappa shape index (κ2) is 8.24. The molecule has 0 bridgehead atoms. The zero-order chi connectivity index (χ0) is 10.1. The average molecular weight is 186 g/mol. The highest BCUT2D eigenvalue weighted by atomic mass is 16.3. The average Bonchev–Trinajstić information content (AvgIpc) is 2.11. The molecule has 0 heterocycles. The zero-order valence-electron chi connectivity index (χ0n) is 8.88. The van der Waals surface area contributed by atoms with E-state index in [9.17, 15) is 9.90 Å². The first-order valence-electron chi connectivity index (χ1n) is 5.40. The van der Waals surface area contributed by atoms with E-state index in [4.69, 9.17) is 0 Å². The minimum absolute atomic E-state index is 0.213. The van der Waals surface area contributed by atoms with Gasteiger partial charge in [0.2, 0.25) is 0 Å². The van der Waals surface area contributed by atoms with Gasteiger partial charge in [-0.2, -0.15) is 0 Å². The minimum atomic E-state index is -0.399. The van der Waals surface area contributed by atoms with Crippen LogP contribution in [-0.4, -0.2) is 17.0 Å². The fourth-order valence-electron chi connectivity index (χ4n) is 1.28. The Bertz CT molecular complexity index is 132. The smallest absolute Gasteiger partial charge is 0.135 e. The molecule has 0 aromatic heterocycles. The van der Waals surface area contributed by atoms with Gasteiger partial charge in [-0.25, -0.2) is 0 Å². The van der Waals surface area contributed by atoms with Gasteiger partial charge in [-0.3, -0.25) is 4.79 Å². The van der Waals surface area contributed by atoms with Crippen LogP contribution in [0.3, 0.4) is 0 Å². The standard InChI is InChI=1S/C11H22O2/c1-3-5-7-10(12)9-11(13)8-6-4-2/h10,12H,3-9H2,1-2H3. The summed E-state index contributed by atoms with van der Waals surface area (Å²) in [4.78, 5) is 11.2. The van der Waals surface area contributed by atoms with Crippen LogP contribution in [0.15, 0.2) is 0 Å². The predicted octanol–water partition coefficient (Wildman–Crippen LogP) is 2.69. The lowest BCUT2D eigenvalue weighted by Crippen LogP contribution is -2.13. The molecule has 0 aliphatic carbocycles. The number of hydrogen-bond donors (Lipinski definition) is 1. The molecule has 78 valence electrons. The number of rotatable bonds is 8. The molecule has 13 heavy (non-hydrogen) atoms. The van der Waals surface area contributed by atoms with E-state index < -0.39 is 6.10 Å². The first kappa shape index (κ1) is 12.6. The molecule has 0 radical (unpaired) electrons. The number of aliphatic hydroxyl groups excluding tert-OH is 1. The molecule has 0 amide bonds. The van der Waals surface area contributed by atoms with Crippen LogP contribution in [0.4, 0.5) is 0 Å².